The zero-order chi connectivity index (χ0) is 16.9. The summed E-state index contributed by atoms with van der Waals surface area (Å²) >= 11 is 0. The van der Waals surface area contributed by atoms with E-state index in [1.54, 1.807) is 23.8 Å². The highest BCUT2D eigenvalue weighted by molar-refractivity contribution is 5.76. The predicted octanol–water partition coefficient (Wildman–Crippen LogP) is 0.666. The van der Waals surface area contributed by atoms with Crippen LogP contribution < -0.4 is 10.1 Å². The van der Waals surface area contributed by atoms with E-state index in [0.29, 0.717) is 36.2 Å². The molecule has 0 aliphatic carbocycles. The van der Waals surface area contributed by atoms with Crippen molar-refractivity contribution in [3.63, 3.8) is 0 Å². The molecule has 0 saturated carbocycles. The smallest absolute Gasteiger partial charge is 0.231 e. The van der Waals surface area contributed by atoms with Crippen LogP contribution in [-0.4, -0.2) is 63.4 Å². The van der Waals surface area contributed by atoms with E-state index in [0.717, 1.165) is 26.1 Å². The largest absolute Gasteiger partial charge is 0.480 e. The van der Waals surface area contributed by atoms with E-state index in [1.165, 1.54) is 6.42 Å². The summed E-state index contributed by atoms with van der Waals surface area (Å²) in [7, 11) is 1.56. The average Bonchev–Trinajstić information content (AvgIpc) is 3.23. The van der Waals surface area contributed by atoms with Gasteiger partial charge in [0.05, 0.1) is 7.11 Å². The molecule has 0 bridgehead atoms. The normalized spacial score (nSPS) is 18.2. The number of carbonyl (C=O) groups is 1. The second-order valence-corrected chi connectivity index (χ2v) is 5.99. The summed E-state index contributed by atoms with van der Waals surface area (Å²) in [6.07, 6.45) is 3.24. The first-order valence-electron chi connectivity index (χ1n) is 8.47. The van der Waals surface area contributed by atoms with Crippen LogP contribution in [0.15, 0.2) is 12.1 Å². The monoisotopic (exact) mass is 332 g/mol. The summed E-state index contributed by atoms with van der Waals surface area (Å²) in [5, 5.41) is 15.5. The van der Waals surface area contributed by atoms with E-state index in [2.05, 4.69) is 32.4 Å². The van der Waals surface area contributed by atoms with Crippen molar-refractivity contribution in [1.82, 2.24) is 30.0 Å². The van der Waals surface area contributed by atoms with Gasteiger partial charge in [-0.25, -0.2) is 0 Å². The Morgan fingerprint density at radius 3 is 3.08 bits per heavy atom. The summed E-state index contributed by atoms with van der Waals surface area (Å²) in [6.45, 7) is 5.06. The fraction of sp³-hybridized carbons (Fsp3) is 0.625. The van der Waals surface area contributed by atoms with E-state index in [4.69, 9.17) is 4.74 Å². The highest BCUT2D eigenvalue weighted by Crippen LogP contribution is 2.15. The number of likely N-dealkylation sites (N-methyl/N-ethyl adjacent to an activating group) is 1. The molecule has 1 aliphatic rings. The summed E-state index contributed by atoms with van der Waals surface area (Å²) in [5.41, 5.74) is 0.649. The van der Waals surface area contributed by atoms with E-state index in [9.17, 15) is 4.79 Å². The molecule has 1 unspecified atom stereocenters. The van der Waals surface area contributed by atoms with Crippen molar-refractivity contribution in [3.8, 4) is 5.88 Å². The molecule has 1 atom stereocenters. The first-order valence-corrected chi connectivity index (χ1v) is 8.47. The highest BCUT2D eigenvalue weighted by Gasteiger charge is 2.23. The molecule has 1 fully saturated rings. The number of likely N-dealkylation sites (tertiary alicyclic amines) is 1. The molecule has 0 aromatic carbocycles. The van der Waals surface area contributed by atoms with Crippen LogP contribution in [0, 0.1) is 0 Å². The van der Waals surface area contributed by atoms with E-state index < -0.39 is 0 Å². The van der Waals surface area contributed by atoms with Gasteiger partial charge in [-0.1, -0.05) is 6.92 Å². The number of rotatable bonds is 7. The van der Waals surface area contributed by atoms with E-state index >= 15 is 0 Å². The van der Waals surface area contributed by atoms with Crippen LogP contribution in [0.4, 0.5) is 0 Å². The highest BCUT2D eigenvalue weighted by atomic mass is 16.5. The van der Waals surface area contributed by atoms with E-state index in [1.807, 2.05) is 0 Å². The SMILES string of the molecule is CCN1CCCC1CNC(=O)CCc1nnc2ccc(OC)nn12. The van der Waals surface area contributed by atoms with Crippen LogP contribution in [-0.2, 0) is 11.2 Å². The molecule has 2 aromatic rings. The van der Waals surface area contributed by atoms with Gasteiger partial charge in [0.1, 0.15) is 0 Å². The standard InChI is InChI=1S/C16H24N6O2/c1-3-21-10-4-5-12(21)11-17-15(23)8-6-13-18-19-14-7-9-16(24-2)20-22(13)14/h7,9,12H,3-6,8,10-11H2,1-2H3,(H,17,23). The first kappa shape index (κ1) is 16.6. The van der Waals surface area contributed by atoms with Gasteiger partial charge in [0.25, 0.3) is 0 Å². The minimum absolute atomic E-state index is 0.0394. The number of aromatic nitrogens is 4. The van der Waals surface area contributed by atoms with E-state index in [-0.39, 0.29) is 5.91 Å². The maximum Gasteiger partial charge on any atom is 0.231 e. The number of hydrogen-bond donors (Lipinski definition) is 1. The van der Waals surface area contributed by atoms with Gasteiger partial charge in [0.2, 0.25) is 11.8 Å². The molecule has 1 N–H and O–H groups in total. The fourth-order valence-corrected chi connectivity index (χ4v) is 3.17. The summed E-state index contributed by atoms with van der Waals surface area (Å²) < 4.78 is 6.74. The maximum absolute atomic E-state index is 12.1. The molecule has 2 aromatic heterocycles. The number of ether oxygens (including phenoxy) is 1. The summed E-state index contributed by atoms with van der Waals surface area (Å²) in [6, 6.07) is 4.00. The van der Waals surface area contributed by atoms with Crippen molar-refractivity contribution in [2.45, 2.75) is 38.6 Å². The number of methoxy groups -OCH3 is 1. The van der Waals surface area contributed by atoms with Gasteiger partial charge in [0, 0.05) is 31.5 Å². The number of carbonyl (C=O) groups excluding carboxylic acids is 1. The van der Waals surface area contributed by atoms with Gasteiger partial charge in [-0.05, 0) is 32.0 Å². The van der Waals surface area contributed by atoms with Gasteiger partial charge in [-0.2, -0.15) is 4.52 Å². The minimum Gasteiger partial charge on any atom is -0.480 e. The Morgan fingerprint density at radius 2 is 2.29 bits per heavy atom. The Morgan fingerprint density at radius 1 is 1.42 bits per heavy atom. The fourth-order valence-electron chi connectivity index (χ4n) is 3.17. The second-order valence-electron chi connectivity index (χ2n) is 5.99. The molecule has 1 saturated heterocycles. The lowest BCUT2D eigenvalue weighted by atomic mass is 10.2. The molecular weight excluding hydrogens is 308 g/mol. The van der Waals surface area contributed by atoms with Crippen LogP contribution in [0.25, 0.3) is 5.65 Å². The van der Waals surface area contributed by atoms with Crippen molar-refractivity contribution in [2.75, 3.05) is 26.7 Å². The summed E-state index contributed by atoms with van der Waals surface area (Å²) in [4.78, 5) is 14.5. The van der Waals surface area contributed by atoms with Gasteiger partial charge >= 0.3 is 0 Å². The minimum atomic E-state index is 0.0394. The van der Waals surface area contributed by atoms with Gasteiger partial charge in [0.15, 0.2) is 11.5 Å². The zero-order valence-corrected chi connectivity index (χ0v) is 14.2. The Labute approximate surface area is 141 Å². The quantitative estimate of drug-likeness (QED) is 0.802. The Balaban J connectivity index is 1.53. The molecule has 3 rings (SSSR count). The molecule has 0 radical (unpaired) electrons. The number of amides is 1. The number of nitrogens with zero attached hydrogens (tertiary/aromatic N) is 5. The average molecular weight is 332 g/mol. The molecule has 3 heterocycles. The molecule has 8 heteroatoms. The number of hydrogen-bond acceptors (Lipinski definition) is 6. The zero-order valence-electron chi connectivity index (χ0n) is 14.2. The van der Waals surface area contributed by atoms with Crippen molar-refractivity contribution < 1.29 is 9.53 Å². The Kier molecular flexibility index (Phi) is 5.24. The van der Waals surface area contributed by atoms with Gasteiger partial charge in [-0.15, -0.1) is 15.3 Å². The molecule has 1 aliphatic heterocycles. The third-order valence-electron chi connectivity index (χ3n) is 4.53. The number of aryl methyl sites for hydroxylation is 1. The third kappa shape index (κ3) is 3.64. The molecule has 8 nitrogen and oxygen atoms in total. The molecule has 130 valence electrons. The second kappa shape index (κ2) is 7.57. The topological polar surface area (TPSA) is 84.7 Å². The lowest BCUT2D eigenvalue weighted by molar-refractivity contribution is -0.121. The Bertz CT molecular complexity index is 701. The third-order valence-corrected chi connectivity index (χ3v) is 4.53. The van der Waals surface area contributed by atoms with Crippen LogP contribution >= 0.6 is 0 Å². The van der Waals surface area contributed by atoms with Crippen molar-refractivity contribution >= 4 is 11.6 Å². The van der Waals surface area contributed by atoms with Crippen molar-refractivity contribution in [1.29, 1.82) is 0 Å². The maximum atomic E-state index is 12.1. The first-order chi connectivity index (χ1) is 11.7. The van der Waals surface area contributed by atoms with Crippen molar-refractivity contribution in [3.05, 3.63) is 18.0 Å². The molecule has 24 heavy (non-hydrogen) atoms. The van der Waals surface area contributed by atoms with Crippen LogP contribution in [0.2, 0.25) is 0 Å². The van der Waals surface area contributed by atoms with Gasteiger partial charge < -0.3 is 10.1 Å². The molecular formula is C16H24N6O2. The van der Waals surface area contributed by atoms with Gasteiger partial charge in [-0.3, -0.25) is 9.69 Å². The van der Waals surface area contributed by atoms with Crippen LogP contribution in [0.3, 0.4) is 0 Å². The van der Waals surface area contributed by atoms with Crippen LogP contribution in [0.5, 0.6) is 5.88 Å². The summed E-state index contributed by atoms with van der Waals surface area (Å²) in [5.74, 6) is 1.20. The van der Waals surface area contributed by atoms with Crippen LogP contribution in [0.1, 0.15) is 32.0 Å². The lowest BCUT2D eigenvalue weighted by Crippen LogP contribution is -2.40. The number of fused-ring (bicyclic) bond motifs is 1. The molecule has 1 amide bonds. The van der Waals surface area contributed by atoms with Crippen molar-refractivity contribution in [2.24, 2.45) is 0 Å². The number of nitrogens with one attached hydrogen (secondary N) is 1. The Hall–Kier alpha value is -2.22. The predicted molar refractivity (Wildman–Crippen MR) is 88.9 cm³/mol. The molecule has 0 spiro atoms. The lowest BCUT2D eigenvalue weighted by Gasteiger charge is -2.22.